The fourth-order valence-electron chi connectivity index (χ4n) is 2.94. The summed E-state index contributed by atoms with van der Waals surface area (Å²) >= 11 is 0. The van der Waals surface area contributed by atoms with E-state index in [4.69, 9.17) is 5.11 Å². The fourth-order valence-corrected chi connectivity index (χ4v) is 2.94. The Balaban J connectivity index is 1.68. The number of carbonyl (C=O) groups excluding carboxylic acids is 1. The molecule has 0 spiro atoms. The van der Waals surface area contributed by atoms with Crippen LogP contribution in [0.15, 0.2) is 0 Å². The molecule has 5 heteroatoms. The third kappa shape index (κ3) is 5.95. The highest BCUT2D eigenvalue weighted by molar-refractivity contribution is 5.76. The fraction of sp³-hybridized carbons (Fsp3) is 0.882. The zero-order valence-electron chi connectivity index (χ0n) is 14.1. The summed E-state index contributed by atoms with van der Waals surface area (Å²) in [6, 6.07) is 0.553. The molecule has 0 atom stereocenters. The smallest absolute Gasteiger partial charge is 0.317 e. The van der Waals surface area contributed by atoms with Gasteiger partial charge in [0.2, 0.25) is 5.91 Å². The van der Waals surface area contributed by atoms with Crippen molar-refractivity contribution in [2.45, 2.75) is 71.4 Å². The van der Waals surface area contributed by atoms with E-state index >= 15 is 0 Å². The lowest BCUT2D eigenvalue weighted by Crippen LogP contribution is -2.55. The lowest BCUT2D eigenvalue weighted by atomic mass is 9.84. The quantitative estimate of drug-likeness (QED) is 0.721. The molecule has 0 heterocycles. The number of hydrogen-bond acceptors (Lipinski definition) is 3. The number of nitrogens with one attached hydrogen (secondary N) is 1. The number of hydrogen-bond donors (Lipinski definition) is 2. The average Bonchev–Trinajstić information content (AvgIpc) is 3.12. The molecule has 0 aromatic heterocycles. The first-order valence-corrected chi connectivity index (χ1v) is 8.48. The molecule has 0 bridgehead atoms. The average molecular weight is 310 g/mol. The highest BCUT2D eigenvalue weighted by Crippen LogP contribution is 2.33. The highest BCUT2D eigenvalue weighted by Gasteiger charge is 2.37. The Morgan fingerprint density at radius 1 is 1.23 bits per heavy atom. The summed E-state index contributed by atoms with van der Waals surface area (Å²) in [5.41, 5.74) is 0.183. The number of rotatable bonds is 8. The lowest BCUT2D eigenvalue weighted by Gasteiger charge is -2.42. The van der Waals surface area contributed by atoms with Crippen molar-refractivity contribution in [1.82, 2.24) is 10.2 Å². The maximum atomic E-state index is 11.9. The first-order chi connectivity index (χ1) is 10.2. The molecule has 2 N–H and O–H groups in total. The standard InChI is InChI=1S/C17H30N2O3/c1-17(2,3)7-6-15(20)18-13-8-14(9-13)19(11-16(21)22)10-12-4-5-12/h12-14H,4-11H2,1-3H3,(H,18,20)(H,21,22). The largest absolute Gasteiger partial charge is 0.480 e. The second kappa shape index (κ2) is 6.99. The van der Waals surface area contributed by atoms with Gasteiger partial charge < -0.3 is 10.4 Å². The van der Waals surface area contributed by atoms with E-state index in [1.807, 2.05) is 0 Å². The number of nitrogens with zero attached hydrogens (tertiary/aromatic N) is 1. The molecule has 2 aliphatic rings. The predicted octanol–water partition coefficient (Wildman–Crippen LogP) is 2.26. The van der Waals surface area contributed by atoms with E-state index in [9.17, 15) is 9.59 Å². The van der Waals surface area contributed by atoms with Crippen LogP contribution in [0.2, 0.25) is 0 Å². The zero-order valence-corrected chi connectivity index (χ0v) is 14.1. The maximum Gasteiger partial charge on any atom is 0.317 e. The topological polar surface area (TPSA) is 69.6 Å². The first kappa shape index (κ1) is 17.3. The Kier molecular flexibility index (Phi) is 5.48. The van der Waals surface area contributed by atoms with E-state index in [2.05, 4.69) is 31.0 Å². The van der Waals surface area contributed by atoms with E-state index in [0.717, 1.165) is 25.8 Å². The second-order valence-corrected chi connectivity index (χ2v) is 8.22. The normalized spacial score (nSPS) is 24.9. The second-order valence-electron chi connectivity index (χ2n) is 8.22. The summed E-state index contributed by atoms with van der Waals surface area (Å²) in [6.45, 7) is 7.46. The van der Waals surface area contributed by atoms with Gasteiger partial charge in [-0.2, -0.15) is 0 Å². The van der Waals surface area contributed by atoms with Crippen molar-refractivity contribution in [3.8, 4) is 0 Å². The number of carboxylic acids is 1. The van der Waals surface area contributed by atoms with E-state index in [0.29, 0.717) is 18.4 Å². The van der Waals surface area contributed by atoms with Crippen molar-refractivity contribution in [3.05, 3.63) is 0 Å². The zero-order chi connectivity index (χ0) is 16.3. The van der Waals surface area contributed by atoms with Gasteiger partial charge in [0.25, 0.3) is 0 Å². The molecule has 0 aliphatic heterocycles. The molecule has 126 valence electrons. The third-order valence-electron chi connectivity index (χ3n) is 4.62. The molecule has 0 aromatic carbocycles. The minimum absolute atomic E-state index is 0.130. The van der Waals surface area contributed by atoms with Crippen molar-refractivity contribution in [3.63, 3.8) is 0 Å². The minimum Gasteiger partial charge on any atom is -0.480 e. The van der Waals surface area contributed by atoms with Gasteiger partial charge in [0.1, 0.15) is 0 Å². The Morgan fingerprint density at radius 2 is 1.86 bits per heavy atom. The van der Waals surface area contributed by atoms with Gasteiger partial charge in [0.15, 0.2) is 0 Å². The van der Waals surface area contributed by atoms with Gasteiger partial charge in [0.05, 0.1) is 6.54 Å². The summed E-state index contributed by atoms with van der Waals surface area (Å²) in [6.07, 6.45) is 5.71. The van der Waals surface area contributed by atoms with Crippen LogP contribution < -0.4 is 5.32 Å². The van der Waals surface area contributed by atoms with E-state index in [1.165, 1.54) is 12.8 Å². The van der Waals surface area contributed by atoms with Crippen LogP contribution in [0.5, 0.6) is 0 Å². The van der Waals surface area contributed by atoms with Crippen LogP contribution in [0.4, 0.5) is 0 Å². The Labute approximate surface area is 133 Å². The lowest BCUT2D eigenvalue weighted by molar-refractivity contribution is -0.140. The maximum absolute atomic E-state index is 11.9. The molecule has 0 aromatic rings. The third-order valence-corrected chi connectivity index (χ3v) is 4.62. The van der Waals surface area contributed by atoms with Crippen molar-refractivity contribution in [1.29, 1.82) is 0 Å². The Bertz CT molecular complexity index is 407. The van der Waals surface area contributed by atoms with Crippen LogP contribution in [0.25, 0.3) is 0 Å². The van der Waals surface area contributed by atoms with Crippen LogP contribution in [0, 0.1) is 11.3 Å². The summed E-state index contributed by atoms with van der Waals surface area (Å²) in [7, 11) is 0. The van der Waals surface area contributed by atoms with Crippen LogP contribution in [0.3, 0.4) is 0 Å². The van der Waals surface area contributed by atoms with Gasteiger partial charge in [-0.15, -0.1) is 0 Å². The number of carboxylic acid groups (broad SMARTS) is 1. The van der Waals surface area contributed by atoms with Gasteiger partial charge in [-0.25, -0.2) is 0 Å². The van der Waals surface area contributed by atoms with Gasteiger partial charge in [-0.1, -0.05) is 20.8 Å². The molecule has 0 unspecified atom stereocenters. The summed E-state index contributed by atoms with van der Waals surface area (Å²) < 4.78 is 0. The molecule has 0 saturated heterocycles. The van der Waals surface area contributed by atoms with Crippen molar-refractivity contribution in [2.75, 3.05) is 13.1 Å². The molecular weight excluding hydrogens is 280 g/mol. The summed E-state index contributed by atoms with van der Waals surface area (Å²) in [5, 5.41) is 12.1. The van der Waals surface area contributed by atoms with Gasteiger partial charge >= 0.3 is 5.97 Å². The van der Waals surface area contributed by atoms with Crippen LogP contribution in [0.1, 0.15) is 59.3 Å². The molecule has 5 nitrogen and oxygen atoms in total. The SMILES string of the molecule is CC(C)(C)CCC(=O)NC1CC(N(CC(=O)O)CC2CC2)C1. The Hall–Kier alpha value is -1.10. The highest BCUT2D eigenvalue weighted by atomic mass is 16.4. The van der Waals surface area contributed by atoms with Crippen molar-refractivity contribution >= 4 is 11.9 Å². The van der Waals surface area contributed by atoms with Crippen molar-refractivity contribution < 1.29 is 14.7 Å². The molecular formula is C17H30N2O3. The molecule has 2 saturated carbocycles. The number of aliphatic carboxylic acids is 1. The first-order valence-electron chi connectivity index (χ1n) is 8.48. The van der Waals surface area contributed by atoms with Gasteiger partial charge in [0, 0.05) is 25.0 Å². The van der Waals surface area contributed by atoms with E-state index in [1.54, 1.807) is 0 Å². The number of carbonyl (C=O) groups is 2. The van der Waals surface area contributed by atoms with E-state index in [-0.39, 0.29) is 23.9 Å². The number of amides is 1. The molecule has 2 rings (SSSR count). The molecule has 2 fully saturated rings. The predicted molar refractivity (Wildman–Crippen MR) is 85.6 cm³/mol. The molecule has 2 aliphatic carbocycles. The molecule has 1 amide bonds. The monoisotopic (exact) mass is 310 g/mol. The molecule has 22 heavy (non-hydrogen) atoms. The van der Waals surface area contributed by atoms with Crippen LogP contribution in [-0.2, 0) is 9.59 Å². The van der Waals surface area contributed by atoms with Gasteiger partial charge in [-0.3, -0.25) is 14.5 Å². The van der Waals surface area contributed by atoms with Crippen LogP contribution >= 0.6 is 0 Å². The van der Waals surface area contributed by atoms with E-state index < -0.39 is 5.97 Å². The van der Waals surface area contributed by atoms with Crippen molar-refractivity contribution in [2.24, 2.45) is 11.3 Å². The summed E-state index contributed by atoms with van der Waals surface area (Å²) in [4.78, 5) is 25.0. The van der Waals surface area contributed by atoms with Crippen LogP contribution in [-0.4, -0.2) is 47.1 Å². The molecule has 0 radical (unpaired) electrons. The van der Waals surface area contributed by atoms with Gasteiger partial charge in [-0.05, 0) is 43.4 Å². The minimum atomic E-state index is -0.752. The summed E-state index contributed by atoms with van der Waals surface area (Å²) in [5.74, 6) is 0.0726. The Morgan fingerprint density at radius 3 is 2.36 bits per heavy atom.